The van der Waals surface area contributed by atoms with Gasteiger partial charge in [0.25, 0.3) is 0 Å². The molecule has 0 unspecified atom stereocenters. The standard InChI is InChI=1S/C7H14O2S/c1-6(2)10(8,9)7-4-3-5-7/h6-7H,3-5H2,1-2H3. The Morgan fingerprint density at radius 1 is 1.30 bits per heavy atom. The van der Waals surface area contributed by atoms with Crippen LogP contribution < -0.4 is 0 Å². The van der Waals surface area contributed by atoms with Gasteiger partial charge in [0.1, 0.15) is 0 Å². The highest BCUT2D eigenvalue weighted by Gasteiger charge is 2.32. The van der Waals surface area contributed by atoms with E-state index in [1.54, 1.807) is 13.8 Å². The Morgan fingerprint density at radius 3 is 1.90 bits per heavy atom. The maximum Gasteiger partial charge on any atom is 0.155 e. The van der Waals surface area contributed by atoms with Gasteiger partial charge in [-0.3, -0.25) is 0 Å². The molecule has 1 saturated carbocycles. The van der Waals surface area contributed by atoms with Gasteiger partial charge in [0, 0.05) is 0 Å². The summed E-state index contributed by atoms with van der Waals surface area (Å²) in [6, 6.07) is 0. The molecule has 0 saturated heterocycles. The normalized spacial score (nSPS) is 21.1. The van der Waals surface area contributed by atoms with E-state index in [0.717, 1.165) is 19.3 Å². The van der Waals surface area contributed by atoms with E-state index >= 15 is 0 Å². The van der Waals surface area contributed by atoms with Crippen LogP contribution in [-0.2, 0) is 9.84 Å². The molecule has 0 bridgehead atoms. The molecule has 1 fully saturated rings. The smallest absolute Gasteiger partial charge is 0.155 e. The second-order valence-electron chi connectivity index (χ2n) is 3.19. The molecule has 10 heavy (non-hydrogen) atoms. The molecule has 60 valence electrons. The van der Waals surface area contributed by atoms with Gasteiger partial charge in [-0.1, -0.05) is 6.42 Å². The van der Waals surface area contributed by atoms with Gasteiger partial charge in [0.15, 0.2) is 9.84 Å². The summed E-state index contributed by atoms with van der Waals surface area (Å²) in [7, 11) is -2.74. The van der Waals surface area contributed by atoms with Gasteiger partial charge in [-0.25, -0.2) is 8.42 Å². The Balaban J connectivity index is 2.68. The quantitative estimate of drug-likeness (QED) is 0.614. The minimum absolute atomic E-state index is 0.00694. The minimum atomic E-state index is -2.74. The summed E-state index contributed by atoms with van der Waals surface area (Å²) in [5, 5.41) is -0.190. The Labute approximate surface area is 62.5 Å². The van der Waals surface area contributed by atoms with Crippen molar-refractivity contribution in [3.8, 4) is 0 Å². The largest absolute Gasteiger partial charge is 0.228 e. The van der Waals surface area contributed by atoms with E-state index in [1.807, 2.05) is 0 Å². The molecular weight excluding hydrogens is 148 g/mol. The predicted molar refractivity (Wildman–Crippen MR) is 41.7 cm³/mol. The lowest BCUT2D eigenvalue weighted by Gasteiger charge is -2.26. The third-order valence-corrected chi connectivity index (χ3v) is 4.89. The Morgan fingerprint density at radius 2 is 1.80 bits per heavy atom. The lowest BCUT2D eigenvalue weighted by Crippen LogP contribution is -2.33. The van der Waals surface area contributed by atoms with E-state index in [1.165, 1.54) is 0 Å². The molecule has 0 atom stereocenters. The van der Waals surface area contributed by atoms with Crippen LogP contribution in [0, 0.1) is 0 Å². The average Bonchev–Trinajstić information content (AvgIpc) is 1.57. The number of sulfone groups is 1. The summed E-state index contributed by atoms with van der Waals surface area (Å²) in [6.07, 6.45) is 2.87. The highest BCUT2D eigenvalue weighted by molar-refractivity contribution is 7.92. The second-order valence-corrected chi connectivity index (χ2v) is 5.98. The fourth-order valence-corrected chi connectivity index (χ4v) is 2.84. The van der Waals surface area contributed by atoms with Crippen LogP contribution in [0.5, 0.6) is 0 Å². The third kappa shape index (κ3) is 1.19. The molecule has 1 aliphatic rings. The average molecular weight is 162 g/mol. The monoisotopic (exact) mass is 162 g/mol. The summed E-state index contributed by atoms with van der Waals surface area (Å²) in [6.45, 7) is 3.52. The van der Waals surface area contributed by atoms with Crippen LogP contribution in [0.15, 0.2) is 0 Å². The fraction of sp³-hybridized carbons (Fsp3) is 1.00. The van der Waals surface area contributed by atoms with Crippen molar-refractivity contribution in [2.24, 2.45) is 0 Å². The molecule has 0 amide bonds. The molecule has 1 aliphatic carbocycles. The van der Waals surface area contributed by atoms with Crippen molar-refractivity contribution in [2.45, 2.75) is 43.6 Å². The molecule has 0 radical (unpaired) electrons. The molecule has 2 nitrogen and oxygen atoms in total. The van der Waals surface area contributed by atoms with Crippen LogP contribution in [0.3, 0.4) is 0 Å². The van der Waals surface area contributed by atoms with E-state index in [9.17, 15) is 8.42 Å². The van der Waals surface area contributed by atoms with Crippen molar-refractivity contribution in [2.75, 3.05) is 0 Å². The van der Waals surface area contributed by atoms with Gasteiger partial charge in [-0.05, 0) is 26.7 Å². The molecular formula is C7H14O2S. The van der Waals surface area contributed by atoms with Crippen LogP contribution in [0.25, 0.3) is 0 Å². The van der Waals surface area contributed by atoms with Crippen molar-refractivity contribution in [3.63, 3.8) is 0 Å². The molecule has 0 aliphatic heterocycles. The first-order valence-electron chi connectivity index (χ1n) is 3.78. The SMILES string of the molecule is CC(C)S(=O)(=O)C1CCC1. The van der Waals surface area contributed by atoms with Crippen molar-refractivity contribution in [1.82, 2.24) is 0 Å². The summed E-state index contributed by atoms with van der Waals surface area (Å²) < 4.78 is 22.6. The van der Waals surface area contributed by atoms with E-state index in [0.29, 0.717) is 0 Å². The van der Waals surface area contributed by atoms with E-state index < -0.39 is 9.84 Å². The predicted octanol–water partition coefficient (Wildman–Crippen LogP) is 1.36. The van der Waals surface area contributed by atoms with Crippen LogP contribution in [0.1, 0.15) is 33.1 Å². The number of hydrogen-bond donors (Lipinski definition) is 0. The highest BCUT2D eigenvalue weighted by atomic mass is 32.2. The van der Waals surface area contributed by atoms with Crippen LogP contribution in [0.2, 0.25) is 0 Å². The third-order valence-electron chi connectivity index (χ3n) is 2.17. The van der Waals surface area contributed by atoms with Crippen molar-refractivity contribution < 1.29 is 8.42 Å². The first kappa shape index (κ1) is 8.05. The minimum Gasteiger partial charge on any atom is -0.228 e. The van der Waals surface area contributed by atoms with Gasteiger partial charge in [-0.2, -0.15) is 0 Å². The lowest BCUT2D eigenvalue weighted by molar-refractivity contribution is 0.472. The second kappa shape index (κ2) is 2.53. The molecule has 3 heteroatoms. The molecule has 0 aromatic rings. The van der Waals surface area contributed by atoms with Crippen LogP contribution in [0.4, 0.5) is 0 Å². The molecule has 1 rings (SSSR count). The Hall–Kier alpha value is -0.0500. The highest BCUT2D eigenvalue weighted by Crippen LogP contribution is 2.28. The molecule has 0 heterocycles. The molecule has 0 aromatic carbocycles. The maximum atomic E-state index is 11.3. The summed E-state index contributed by atoms with van der Waals surface area (Å²) in [4.78, 5) is 0. The van der Waals surface area contributed by atoms with Crippen LogP contribution >= 0.6 is 0 Å². The topological polar surface area (TPSA) is 34.1 Å². The lowest BCUT2D eigenvalue weighted by atomic mass is 10.00. The zero-order valence-electron chi connectivity index (χ0n) is 6.50. The van der Waals surface area contributed by atoms with Gasteiger partial charge in [0.05, 0.1) is 10.5 Å². The first-order chi connectivity index (χ1) is 4.55. The number of rotatable bonds is 2. The summed E-state index contributed by atoms with van der Waals surface area (Å²) >= 11 is 0. The van der Waals surface area contributed by atoms with Gasteiger partial charge in [-0.15, -0.1) is 0 Å². The Kier molecular flexibility index (Phi) is 2.04. The molecule has 0 aromatic heterocycles. The number of hydrogen-bond acceptors (Lipinski definition) is 2. The van der Waals surface area contributed by atoms with E-state index in [2.05, 4.69) is 0 Å². The van der Waals surface area contributed by atoms with Crippen molar-refractivity contribution in [1.29, 1.82) is 0 Å². The molecule has 0 spiro atoms. The maximum absolute atomic E-state index is 11.3. The zero-order chi connectivity index (χ0) is 7.78. The first-order valence-corrected chi connectivity index (χ1v) is 5.39. The van der Waals surface area contributed by atoms with Gasteiger partial charge in [0.2, 0.25) is 0 Å². The Bertz CT molecular complexity index is 200. The van der Waals surface area contributed by atoms with Crippen molar-refractivity contribution in [3.05, 3.63) is 0 Å². The summed E-state index contributed by atoms with van der Waals surface area (Å²) in [5.74, 6) is 0. The van der Waals surface area contributed by atoms with E-state index in [-0.39, 0.29) is 10.5 Å². The summed E-state index contributed by atoms with van der Waals surface area (Å²) in [5.41, 5.74) is 0. The van der Waals surface area contributed by atoms with Gasteiger partial charge >= 0.3 is 0 Å². The zero-order valence-corrected chi connectivity index (χ0v) is 7.32. The van der Waals surface area contributed by atoms with Crippen LogP contribution in [-0.4, -0.2) is 18.9 Å². The van der Waals surface area contributed by atoms with Crippen molar-refractivity contribution >= 4 is 9.84 Å². The van der Waals surface area contributed by atoms with Gasteiger partial charge < -0.3 is 0 Å². The molecule has 0 N–H and O–H groups in total. The fourth-order valence-electron chi connectivity index (χ4n) is 1.08. The van der Waals surface area contributed by atoms with E-state index in [4.69, 9.17) is 0 Å².